The van der Waals surface area contributed by atoms with Gasteiger partial charge in [0.25, 0.3) is 5.95 Å². The van der Waals surface area contributed by atoms with Gasteiger partial charge in [-0.25, -0.2) is 4.68 Å². The van der Waals surface area contributed by atoms with Gasteiger partial charge in [0, 0.05) is 26.0 Å². The number of aromatic nitrogens is 5. The van der Waals surface area contributed by atoms with Crippen molar-refractivity contribution in [1.82, 2.24) is 24.7 Å². The van der Waals surface area contributed by atoms with E-state index in [4.69, 9.17) is 0 Å². The fourth-order valence-electron chi connectivity index (χ4n) is 1.60. The Morgan fingerprint density at radius 1 is 1.28 bits per heavy atom. The third-order valence-electron chi connectivity index (χ3n) is 2.80. The topological polar surface area (TPSA) is 80.5 Å². The Kier molecular flexibility index (Phi) is 2.79. The molecule has 0 radical (unpaired) electrons. The van der Waals surface area contributed by atoms with E-state index < -0.39 is 0 Å². The van der Waals surface area contributed by atoms with Crippen molar-refractivity contribution < 1.29 is 0 Å². The molecule has 18 heavy (non-hydrogen) atoms. The Labute approximate surface area is 105 Å². The second-order valence-electron chi connectivity index (χ2n) is 4.31. The van der Waals surface area contributed by atoms with E-state index in [0.29, 0.717) is 17.8 Å². The van der Waals surface area contributed by atoms with E-state index in [-0.39, 0.29) is 0 Å². The monoisotopic (exact) mass is 245 g/mol. The summed E-state index contributed by atoms with van der Waals surface area (Å²) >= 11 is 0. The molecule has 0 atom stereocenters. The van der Waals surface area contributed by atoms with Gasteiger partial charge in [-0.15, -0.1) is 0 Å². The molecule has 2 aromatic rings. The Bertz CT molecular complexity index is 518. The number of nitrogens with zero attached hydrogens (tertiary/aromatic N) is 5. The second kappa shape index (κ2) is 4.59. The standard InChI is InChI=1S/C11H15N7/c1-12-9-15-10(13-7-8-3-4-8)17-11(16-9)18-6-2-5-14-18/h2,5-6,8H,3-4,7H2,1H3,(H2,12,13,15,16,17). The van der Waals surface area contributed by atoms with Crippen molar-refractivity contribution in [2.45, 2.75) is 12.8 Å². The SMILES string of the molecule is CNc1nc(NCC2CC2)nc(-n2cccn2)n1. The van der Waals surface area contributed by atoms with E-state index in [1.807, 2.05) is 6.07 Å². The second-order valence-corrected chi connectivity index (χ2v) is 4.31. The quantitative estimate of drug-likeness (QED) is 0.815. The van der Waals surface area contributed by atoms with Crippen LogP contribution in [0.5, 0.6) is 0 Å². The summed E-state index contributed by atoms with van der Waals surface area (Å²) in [7, 11) is 1.78. The zero-order valence-corrected chi connectivity index (χ0v) is 10.2. The molecule has 0 spiro atoms. The van der Waals surface area contributed by atoms with Gasteiger partial charge in [0.15, 0.2) is 0 Å². The lowest BCUT2D eigenvalue weighted by Crippen LogP contribution is -2.12. The van der Waals surface area contributed by atoms with E-state index in [0.717, 1.165) is 12.5 Å². The maximum Gasteiger partial charge on any atom is 0.257 e. The summed E-state index contributed by atoms with van der Waals surface area (Å²) in [5.74, 6) is 2.41. The summed E-state index contributed by atoms with van der Waals surface area (Å²) in [5, 5.41) is 10.3. The fourth-order valence-corrected chi connectivity index (χ4v) is 1.60. The van der Waals surface area contributed by atoms with Crippen molar-refractivity contribution in [3.8, 4) is 5.95 Å². The van der Waals surface area contributed by atoms with E-state index in [1.54, 1.807) is 24.1 Å². The molecular weight excluding hydrogens is 230 g/mol. The molecular formula is C11H15N7. The fraction of sp³-hybridized carbons (Fsp3) is 0.455. The molecule has 0 bridgehead atoms. The molecule has 0 unspecified atom stereocenters. The Morgan fingerprint density at radius 3 is 2.78 bits per heavy atom. The van der Waals surface area contributed by atoms with Gasteiger partial charge in [-0.1, -0.05) is 0 Å². The van der Waals surface area contributed by atoms with Crippen LogP contribution in [-0.4, -0.2) is 38.3 Å². The highest BCUT2D eigenvalue weighted by molar-refractivity contribution is 5.37. The molecule has 2 aromatic heterocycles. The smallest absolute Gasteiger partial charge is 0.257 e. The predicted octanol–water partition coefficient (Wildman–Crippen LogP) is 0.921. The normalized spacial score (nSPS) is 14.5. The zero-order chi connectivity index (χ0) is 12.4. The van der Waals surface area contributed by atoms with Crippen molar-refractivity contribution in [2.75, 3.05) is 24.2 Å². The van der Waals surface area contributed by atoms with Crippen LogP contribution < -0.4 is 10.6 Å². The van der Waals surface area contributed by atoms with E-state index in [2.05, 4.69) is 30.7 Å². The molecule has 0 saturated heterocycles. The summed E-state index contributed by atoms with van der Waals surface area (Å²) in [5.41, 5.74) is 0. The van der Waals surface area contributed by atoms with Gasteiger partial charge < -0.3 is 10.6 Å². The largest absolute Gasteiger partial charge is 0.357 e. The number of nitrogens with one attached hydrogen (secondary N) is 2. The van der Waals surface area contributed by atoms with Crippen molar-refractivity contribution in [3.05, 3.63) is 18.5 Å². The first kappa shape index (κ1) is 10.9. The van der Waals surface area contributed by atoms with Crippen LogP contribution in [0.4, 0.5) is 11.9 Å². The highest BCUT2D eigenvalue weighted by atomic mass is 15.4. The van der Waals surface area contributed by atoms with Crippen LogP contribution in [-0.2, 0) is 0 Å². The van der Waals surface area contributed by atoms with Crippen LogP contribution >= 0.6 is 0 Å². The van der Waals surface area contributed by atoms with Gasteiger partial charge in [0.2, 0.25) is 11.9 Å². The van der Waals surface area contributed by atoms with Crippen molar-refractivity contribution >= 4 is 11.9 Å². The third kappa shape index (κ3) is 2.39. The number of rotatable bonds is 5. The minimum Gasteiger partial charge on any atom is -0.357 e. The average molecular weight is 245 g/mol. The lowest BCUT2D eigenvalue weighted by atomic mass is 10.4. The Morgan fingerprint density at radius 2 is 2.11 bits per heavy atom. The van der Waals surface area contributed by atoms with Crippen molar-refractivity contribution in [1.29, 1.82) is 0 Å². The molecule has 0 aromatic carbocycles. The summed E-state index contributed by atoms with van der Waals surface area (Å²) in [6.45, 7) is 0.922. The summed E-state index contributed by atoms with van der Waals surface area (Å²) < 4.78 is 1.62. The van der Waals surface area contributed by atoms with Gasteiger partial charge in [-0.2, -0.15) is 20.1 Å². The first-order chi connectivity index (χ1) is 8.85. The molecule has 1 fully saturated rings. The first-order valence-corrected chi connectivity index (χ1v) is 6.03. The summed E-state index contributed by atoms with van der Waals surface area (Å²) in [6.07, 6.45) is 6.09. The lowest BCUT2D eigenvalue weighted by molar-refractivity contribution is 0.791. The van der Waals surface area contributed by atoms with Crippen molar-refractivity contribution in [2.24, 2.45) is 5.92 Å². The highest BCUT2D eigenvalue weighted by Gasteiger charge is 2.21. The maximum atomic E-state index is 4.35. The molecule has 2 heterocycles. The van der Waals surface area contributed by atoms with Crippen molar-refractivity contribution in [3.63, 3.8) is 0 Å². The first-order valence-electron chi connectivity index (χ1n) is 6.03. The minimum absolute atomic E-state index is 0.512. The molecule has 2 N–H and O–H groups in total. The number of hydrogen-bond donors (Lipinski definition) is 2. The van der Waals surface area contributed by atoms with Gasteiger partial charge in [0.1, 0.15) is 0 Å². The highest BCUT2D eigenvalue weighted by Crippen LogP contribution is 2.28. The van der Waals surface area contributed by atoms with Gasteiger partial charge >= 0.3 is 0 Å². The molecule has 0 aliphatic heterocycles. The Hall–Kier alpha value is -2.18. The molecule has 1 aliphatic rings. The summed E-state index contributed by atoms with van der Waals surface area (Å²) in [6, 6.07) is 1.83. The molecule has 0 amide bonds. The van der Waals surface area contributed by atoms with Crippen LogP contribution in [0, 0.1) is 5.92 Å². The average Bonchev–Trinajstić information content (AvgIpc) is 3.07. The number of anilines is 2. The molecule has 3 rings (SSSR count). The predicted molar refractivity (Wildman–Crippen MR) is 67.7 cm³/mol. The van der Waals surface area contributed by atoms with E-state index in [9.17, 15) is 0 Å². The molecule has 7 nitrogen and oxygen atoms in total. The molecule has 1 saturated carbocycles. The van der Waals surface area contributed by atoms with Gasteiger partial charge in [0.05, 0.1) is 0 Å². The zero-order valence-electron chi connectivity index (χ0n) is 10.2. The van der Waals surface area contributed by atoms with Gasteiger partial charge in [-0.3, -0.25) is 0 Å². The number of hydrogen-bond acceptors (Lipinski definition) is 6. The minimum atomic E-state index is 0.512. The van der Waals surface area contributed by atoms with Crippen LogP contribution in [0.2, 0.25) is 0 Å². The summed E-state index contributed by atoms with van der Waals surface area (Å²) in [4.78, 5) is 12.9. The van der Waals surface area contributed by atoms with Crippen LogP contribution in [0.25, 0.3) is 5.95 Å². The lowest BCUT2D eigenvalue weighted by Gasteiger charge is -2.07. The van der Waals surface area contributed by atoms with E-state index >= 15 is 0 Å². The molecule has 94 valence electrons. The maximum absolute atomic E-state index is 4.35. The molecule has 1 aliphatic carbocycles. The van der Waals surface area contributed by atoms with E-state index in [1.165, 1.54) is 12.8 Å². The van der Waals surface area contributed by atoms with Crippen LogP contribution in [0.3, 0.4) is 0 Å². The molecule has 7 heteroatoms. The van der Waals surface area contributed by atoms with Crippen LogP contribution in [0.1, 0.15) is 12.8 Å². The Balaban J connectivity index is 1.85. The third-order valence-corrected chi connectivity index (χ3v) is 2.80. The van der Waals surface area contributed by atoms with Gasteiger partial charge in [-0.05, 0) is 24.8 Å². The van der Waals surface area contributed by atoms with Crippen LogP contribution in [0.15, 0.2) is 18.5 Å².